The molecule has 3 rings (SSSR count). The van der Waals surface area contributed by atoms with Gasteiger partial charge in [-0.3, -0.25) is 9.36 Å². The standard InChI is InChI=1S/C21H23FN4OS/c1-13-7-5-6-8-19(13)26-16(4)24-25-21(26)28-15(3)20(27)23-14(2)17-9-11-18(22)12-10-17/h5-12,14-15H,1-4H3,(H,23,27). The number of nitrogens with one attached hydrogen (secondary N) is 1. The molecule has 2 aromatic carbocycles. The highest BCUT2D eigenvalue weighted by atomic mass is 32.2. The van der Waals surface area contributed by atoms with Crippen molar-refractivity contribution < 1.29 is 9.18 Å². The molecular formula is C21H23FN4OS. The van der Waals surface area contributed by atoms with Crippen LogP contribution in [0.5, 0.6) is 0 Å². The number of benzene rings is 2. The van der Waals surface area contributed by atoms with E-state index in [4.69, 9.17) is 0 Å². The first-order chi connectivity index (χ1) is 13.4. The van der Waals surface area contributed by atoms with E-state index < -0.39 is 0 Å². The van der Waals surface area contributed by atoms with Crippen LogP contribution in [0.25, 0.3) is 5.69 Å². The van der Waals surface area contributed by atoms with Gasteiger partial charge in [0.15, 0.2) is 5.16 Å². The number of rotatable bonds is 6. The molecule has 2 atom stereocenters. The van der Waals surface area contributed by atoms with Gasteiger partial charge in [0.2, 0.25) is 5.91 Å². The number of thioether (sulfide) groups is 1. The maximum absolute atomic E-state index is 13.1. The number of amides is 1. The zero-order chi connectivity index (χ0) is 20.3. The fourth-order valence-corrected chi connectivity index (χ4v) is 3.80. The fourth-order valence-electron chi connectivity index (χ4n) is 2.89. The SMILES string of the molecule is Cc1ccccc1-n1c(C)nnc1SC(C)C(=O)NC(C)c1ccc(F)cc1. The molecule has 0 aliphatic heterocycles. The van der Waals surface area contributed by atoms with Crippen LogP contribution in [-0.2, 0) is 4.79 Å². The molecule has 2 unspecified atom stereocenters. The molecule has 5 nitrogen and oxygen atoms in total. The van der Waals surface area contributed by atoms with Crippen molar-refractivity contribution in [3.63, 3.8) is 0 Å². The number of hydrogen-bond donors (Lipinski definition) is 1. The van der Waals surface area contributed by atoms with E-state index in [1.165, 1.54) is 23.9 Å². The molecule has 3 aromatic rings. The quantitative estimate of drug-likeness (QED) is 0.626. The van der Waals surface area contributed by atoms with Gasteiger partial charge >= 0.3 is 0 Å². The normalized spacial score (nSPS) is 13.2. The van der Waals surface area contributed by atoms with Gasteiger partial charge in [-0.2, -0.15) is 0 Å². The van der Waals surface area contributed by atoms with E-state index in [0.717, 1.165) is 22.6 Å². The molecule has 0 aliphatic carbocycles. The first-order valence-electron chi connectivity index (χ1n) is 9.07. The molecule has 7 heteroatoms. The molecule has 0 fully saturated rings. The Morgan fingerprint density at radius 2 is 1.75 bits per heavy atom. The summed E-state index contributed by atoms with van der Waals surface area (Å²) in [5.74, 6) is 0.361. The van der Waals surface area contributed by atoms with Crippen molar-refractivity contribution in [2.24, 2.45) is 0 Å². The molecule has 1 N–H and O–H groups in total. The molecule has 0 aliphatic rings. The van der Waals surface area contributed by atoms with Gasteiger partial charge in [-0.25, -0.2) is 4.39 Å². The van der Waals surface area contributed by atoms with Crippen molar-refractivity contribution in [2.45, 2.75) is 44.1 Å². The molecule has 1 amide bonds. The number of carbonyl (C=O) groups is 1. The van der Waals surface area contributed by atoms with Crippen LogP contribution in [0, 0.1) is 19.7 Å². The van der Waals surface area contributed by atoms with E-state index in [1.54, 1.807) is 12.1 Å². The molecule has 1 heterocycles. The van der Waals surface area contributed by atoms with Crippen molar-refractivity contribution >= 4 is 17.7 Å². The zero-order valence-corrected chi connectivity index (χ0v) is 17.1. The van der Waals surface area contributed by atoms with Crippen LogP contribution in [0.15, 0.2) is 53.7 Å². The van der Waals surface area contributed by atoms with Crippen LogP contribution in [0.1, 0.15) is 36.8 Å². The van der Waals surface area contributed by atoms with E-state index in [2.05, 4.69) is 15.5 Å². The predicted octanol–water partition coefficient (Wildman–Crippen LogP) is 4.38. The lowest BCUT2D eigenvalue weighted by Crippen LogP contribution is -2.33. The Balaban J connectivity index is 1.73. The van der Waals surface area contributed by atoms with Crippen LogP contribution in [0.2, 0.25) is 0 Å². The van der Waals surface area contributed by atoms with Crippen molar-refractivity contribution in [2.75, 3.05) is 0 Å². The van der Waals surface area contributed by atoms with Gasteiger partial charge in [0.25, 0.3) is 0 Å². The Labute approximate surface area is 168 Å². The summed E-state index contributed by atoms with van der Waals surface area (Å²) in [5.41, 5.74) is 2.96. The third-order valence-electron chi connectivity index (χ3n) is 4.53. The summed E-state index contributed by atoms with van der Waals surface area (Å²) in [7, 11) is 0. The van der Waals surface area contributed by atoms with Gasteiger partial charge in [0, 0.05) is 0 Å². The van der Waals surface area contributed by atoms with Gasteiger partial charge in [-0.15, -0.1) is 10.2 Å². The summed E-state index contributed by atoms with van der Waals surface area (Å²) in [4.78, 5) is 12.7. The van der Waals surface area contributed by atoms with Crippen LogP contribution in [-0.4, -0.2) is 25.9 Å². The number of aromatic nitrogens is 3. The van der Waals surface area contributed by atoms with E-state index in [0.29, 0.717) is 5.16 Å². The summed E-state index contributed by atoms with van der Waals surface area (Å²) >= 11 is 1.36. The second-order valence-corrected chi connectivity index (χ2v) is 8.00. The van der Waals surface area contributed by atoms with E-state index in [9.17, 15) is 9.18 Å². The van der Waals surface area contributed by atoms with Crippen LogP contribution in [0.4, 0.5) is 4.39 Å². The molecule has 146 valence electrons. The molecule has 0 saturated heterocycles. The molecule has 0 bridgehead atoms. The smallest absolute Gasteiger partial charge is 0.233 e. The predicted molar refractivity (Wildman–Crippen MR) is 109 cm³/mol. The Morgan fingerprint density at radius 3 is 2.43 bits per heavy atom. The van der Waals surface area contributed by atoms with Crippen molar-refractivity contribution in [1.29, 1.82) is 0 Å². The van der Waals surface area contributed by atoms with Crippen LogP contribution < -0.4 is 5.32 Å². The molecule has 0 saturated carbocycles. The van der Waals surface area contributed by atoms with Crippen LogP contribution in [0.3, 0.4) is 0 Å². The van der Waals surface area contributed by atoms with Gasteiger partial charge < -0.3 is 5.32 Å². The van der Waals surface area contributed by atoms with Gasteiger partial charge in [0.1, 0.15) is 11.6 Å². The fraction of sp³-hybridized carbons (Fsp3) is 0.286. The first-order valence-corrected chi connectivity index (χ1v) is 9.95. The summed E-state index contributed by atoms with van der Waals surface area (Å²) in [6.07, 6.45) is 0. The van der Waals surface area contributed by atoms with Gasteiger partial charge in [-0.1, -0.05) is 42.1 Å². The highest BCUT2D eigenvalue weighted by Crippen LogP contribution is 2.27. The summed E-state index contributed by atoms with van der Waals surface area (Å²) in [5, 5.41) is 11.7. The summed E-state index contributed by atoms with van der Waals surface area (Å²) in [6.45, 7) is 7.64. The number of nitrogens with zero attached hydrogens (tertiary/aromatic N) is 3. The average molecular weight is 399 g/mol. The molecule has 0 spiro atoms. The van der Waals surface area contributed by atoms with Gasteiger partial charge in [-0.05, 0) is 57.0 Å². The van der Waals surface area contributed by atoms with E-state index in [-0.39, 0.29) is 23.0 Å². The second kappa shape index (κ2) is 8.56. The van der Waals surface area contributed by atoms with Crippen molar-refractivity contribution in [3.8, 4) is 5.69 Å². The lowest BCUT2D eigenvalue weighted by molar-refractivity contribution is -0.120. The second-order valence-electron chi connectivity index (χ2n) is 6.69. The molecule has 28 heavy (non-hydrogen) atoms. The highest BCUT2D eigenvalue weighted by molar-refractivity contribution is 8.00. The third kappa shape index (κ3) is 4.42. The molecular weight excluding hydrogens is 375 g/mol. The maximum Gasteiger partial charge on any atom is 0.233 e. The van der Waals surface area contributed by atoms with Crippen molar-refractivity contribution in [3.05, 3.63) is 71.3 Å². The number of halogens is 1. The minimum Gasteiger partial charge on any atom is -0.349 e. The summed E-state index contributed by atoms with van der Waals surface area (Å²) < 4.78 is 15.1. The number of para-hydroxylation sites is 1. The maximum atomic E-state index is 13.1. The third-order valence-corrected chi connectivity index (χ3v) is 5.57. The minimum absolute atomic E-state index is 0.112. The first kappa shape index (κ1) is 20.1. The Bertz CT molecular complexity index is 971. The summed E-state index contributed by atoms with van der Waals surface area (Å²) in [6, 6.07) is 13.9. The molecule has 0 radical (unpaired) electrons. The van der Waals surface area contributed by atoms with Crippen LogP contribution >= 0.6 is 11.8 Å². The van der Waals surface area contributed by atoms with E-state index >= 15 is 0 Å². The number of carbonyl (C=O) groups excluding carboxylic acids is 1. The lowest BCUT2D eigenvalue weighted by atomic mass is 10.1. The Kier molecular flexibility index (Phi) is 6.14. The highest BCUT2D eigenvalue weighted by Gasteiger charge is 2.22. The van der Waals surface area contributed by atoms with Gasteiger partial charge in [0.05, 0.1) is 17.0 Å². The number of hydrogen-bond acceptors (Lipinski definition) is 4. The Morgan fingerprint density at radius 1 is 1.07 bits per heavy atom. The van der Waals surface area contributed by atoms with E-state index in [1.807, 2.05) is 56.5 Å². The van der Waals surface area contributed by atoms with Crippen molar-refractivity contribution in [1.82, 2.24) is 20.1 Å². The average Bonchev–Trinajstić information content (AvgIpc) is 3.02. The zero-order valence-electron chi connectivity index (χ0n) is 16.3. The minimum atomic E-state index is -0.366. The Hall–Kier alpha value is -2.67. The lowest BCUT2D eigenvalue weighted by Gasteiger charge is -2.18. The topological polar surface area (TPSA) is 59.8 Å². The monoisotopic (exact) mass is 398 g/mol. The molecule has 1 aromatic heterocycles. The number of aryl methyl sites for hydroxylation is 2. The largest absolute Gasteiger partial charge is 0.349 e.